The molecule has 3 aromatic rings. The van der Waals surface area contributed by atoms with Crippen LogP contribution >= 0.6 is 0 Å². The van der Waals surface area contributed by atoms with Crippen LogP contribution < -0.4 is 15.5 Å². The summed E-state index contributed by atoms with van der Waals surface area (Å²) in [6.45, 7) is 6.16. The fourth-order valence-corrected chi connectivity index (χ4v) is 4.20. The molecule has 1 fully saturated rings. The van der Waals surface area contributed by atoms with Crippen molar-refractivity contribution >= 4 is 11.6 Å². The van der Waals surface area contributed by atoms with Crippen molar-refractivity contribution in [1.82, 2.24) is 20.6 Å². The van der Waals surface area contributed by atoms with Gasteiger partial charge in [0.1, 0.15) is 0 Å². The van der Waals surface area contributed by atoms with Crippen molar-refractivity contribution in [2.45, 2.75) is 19.4 Å². The summed E-state index contributed by atoms with van der Waals surface area (Å²) in [6, 6.07) is 14.8. The number of nitrogens with zero attached hydrogens (tertiary/aromatic N) is 2. The summed E-state index contributed by atoms with van der Waals surface area (Å²) < 4.78 is 0. The van der Waals surface area contributed by atoms with Crippen LogP contribution in [-0.2, 0) is 6.42 Å². The van der Waals surface area contributed by atoms with E-state index in [1.165, 1.54) is 5.69 Å². The molecule has 5 rings (SSSR count). The topological polar surface area (TPSA) is 73.0 Å². The van der Waals surface area contributed by atoms with Crippen LogP contribution in [0.3, 0.4) is 0 Å². The Kier molecular flexibility index (Phi) is 4.56. The van der Waals surface area contributed by atoms with Crippen LogP contribution in [0.5, 0.6) is 0 Å². The van der Waals surface area contributed by atoms with Crippen LogP contribution in [-0.4, -0.2) is 48.1 Å². The van der Waals surface area contributed by atoms with Crippen molar-refractivity contribution in [2.75, 3.05) is 31.1 Å². The van der Waals surface area contributed by atoms with E-state index in [-0.39, 0.29) is 11.9 Å². The fourth-order valence-electron chi connectivity index (χ4n) is 4.20. The quantitative estimate of drug-likeness (QED) is 0.646. The highest BCUT2D eigenvalue weighted by Gasteiger charge is 2.24. The highest BCUT2D eigenvalue weighted by Crippen LogP contribution is 2.28. The molecule has 1 aromatic carbocycles. The standard InChI is InChI=1S/C23H25N5O/c1-15-12-22-19(23(29)26-15)14-21(27-22)17-6-7-25-20(13-17)16-2-4-18(5-3-16)28-10-8-24-9-11-28/h2-7,13-15,24,27H,8-12H2,1H3,(H,26,29). The number of H-pyrrole nitrogens is 1. The van der Waals surface area contributed by atoms with Crippen molar-refractivity contribution in [2.24, 2.45) is 0 Å². The second kappa shape index (κ2) is 7.37. The number of carbonyl (C=O) groups is 1. The van der Waals surface area contributed by atoms with Crippen LogP contribution in [0, 0.1) is 0 Å². The first-order valence-corrected chi connectivity index (χ1v) is 10.2. The largest absolute Gasteiger partial charge is 0.369 e. The van der Waals surface area contributed by atoms with E-state index in [9.17, 15) is 4.79 Å². The molecule has 0 radical (unpaired) electrons. The number of rotatable bonds is 3. The Bertz CT molecular complexity index is 1030. The highest BCUT2D eigenvalue weighted by atomic mass is 16.1. The van der Waals surface area contributed by atoms with Crippen molar-refractivity contribution in [3.8, 4) is 22.5 Å². The zero-order chi connectivity index (χ0) is 19.8. The Hall–Kier alpha value is -3.12. The zero-order valence-electron chi connectivity index (χ0n) is 16.5. The summed E-state index contributed by atoms with van der Waals surface area (Å²) in [5, 5.41) is 6.38. The third kappa shape index (κ3) is 3.51. The number of carbonyl (C=O) groups excluding carboxylic acids is 1. The number of piperazine rings is 1. The first-order valence-electron chi connectivity index (χ1n) is 10.2. The van der Waals surface area contributed by atoms with Crippen molar-refractivity contribution in [1.29, 1.82) is 0 Å². The maximum atomic E-state index is 12.2. The predicted molar refractivity (Wildman–Crippen MR) is 115 cm³/mol. The number of pyridine rings is 1. The molecule has 1 amide bonds. The average molecular weight is 387 g/mol. The molecule has 1 unspecified atom stereocenters. The molecule has 29 heavy (non-hydrogen) atoms. The van der Waals surface area contributed by atoms with Gasteiger partial charge in [-0.05, 0) is 37.3 Å². The molecule has 0 saturated carbocycles. The summed E-state index contributed by atoms with van der Waals surface area (Å²) >= 11 is 0. The summed E-state index contributed by atoms with van der Waals surface area (Å²) in [5.74, 6) is -0.000897. The molecule has 1 saturated heterocycles. The maximum absolute atomic E-state index is 12.2. The molecule has 4 heterocycles. The van der Waals surface area contributed by atoms with E-state index in [2.05, 4.69) is 55.8 Å². The number of amides is 1. The number of hydrogen-bond donors (Lipinski definition) is 3. The molecule has 3 N–H and O–H groups in total. The molecule has 6 heteroatoms. The minimum absolute atomic E-state index is 0.000897. The number of aromatic nitrogens is 2. The van der Waals surface area contributed by atoms with Gasteiger partial charge in [0.25, 0.3) is 5.91 Å². The van der Waals surface area contributed by atoms with Crippen LogP contribution in [0.2, 0.25) is 0 Å². The van der Waals surface area contributed by atoms with Crippen molar-refractivity contribution in [3.05, 3.63) is 59.9 Å². The minimum Gasteiger partial charge on any atom is -0.369 e. The summed E-state index contributed by atoms with van der Waals surface area (Å²) in [6.07, 6.45) is 2.66. The SMILES string of the molecule is CC1Cc2[nH]c(-c3ccnc(-c4ccc(N5CCNCC5)cc4)c3)cc2C(=O)N1. The first kappa shape index (κ1) is 17.9. The Morgan fingerprint density at radius 1 is 1.03 bits per heavy atom. The fraction of sp³-hybridized carbons (Fsp3) is 0.304. The van der Waals surface area contributed by atoms with Crippen LogP contribution in [0.15, 0.2) is 48.7 Å². The molecule has 0 bridgehead atoms. The van der Waals surface area contributed by atoms with Gasteiger partial charge in [-0.15, -0.1) is 0 Å². The molecule has 6 nitrogen and oxygen atoms in total. The molecule has 0 aliphatic carbocycles. The van der Waals surface area contributed by atoms with Crippen LogP contribution in [0.1, 0.15) is 23.0 Å². The van der Waals surface area contributed by atoms with E-state index < -0.39 is 0 Å². The van der Waals surface area contributed by atoms with Gasteiger partial charge >= 0.3 is 0 Å². The number of benzene rings is 1. The third-order valence-electron chi connectivity index (χ3n) is 5.75. The third-order valence-corrected chi connectivity index (χ3v) is 5.75. The normalized spacial score (nSPS) is 19.0. The smallest absolute Gasteiger partial charge is 0.253 e. The van der Waals surface area contributed by atoms with Gasteiger partial charge in [0, 0.05) is 73.0 Å². The van der Waals surface area contributed by atoms with Gasteiger partial charge in [0.2, 0.25) is 0 Å². The highest BCUT2D eigenvalue weighted by molar-refractivity contribution is 5.98. The molecule has 0 spiro atoms. The summed E-state index contributed by atoms with van der Waals surface area (Å²) in [5.41, 5.74) is 7.03. The lowest BCUT2D eigenvalue weighted by atomic mass is 10.0. The Morgan fingerprint density at radius 2 is 1.83 bits per heavy atom. The van der Waals surface area contributed by atoms with Crippen LogP contribution in [0.4, 0.5) is 5.69 Å². The van der Waals surface area contributed by atoms with Gasteiger partial charge in [-0.1, -0.05) is 12.1 Å². The van der Waals surface area contributed by atoms with E-state index in [0.29, 0.717) is 0 Å². The summed E-state index contributed by atoms with van der Waals surface area (Å²) in [7, 11) is 0. The van der Waals surface area contributed by atoms with E-state index in [0.717, 1.165) is 66.4 Å². The first-order chi connectivity index (χ1) is 14.2. The van der Waals surface area contributed by atoms with Gasteiger partial charge in [-0.2, -0.15) is 0 Å². The lowest BCUT2D eigenvalue weighted by Gasteiger charge is -2.29. The summed E-state index contributed by atoms with van der Waals surface area (Å²) in [4.78, 5) is 22.7. The molecular weight excluding hydrogens is 362 g/mol. The number of nitrogens with one attached hydrogen (secondary N) is 3. The molecule has 2 aliphatic rings. The second-order valence-electron chi connectivity index (χ2n) is 7.87. The zero-order valence-corrected chi connectivity index (χ0v) is 16.5. The average Bonchev–Trinajstić information content (AvgIpc) is 3.19. The Labute approximate surface area is 170 Å². The van der Waals surface area contributed by atoms with Crippen molar-refractivity contribution < 1.29 is 4.79 Å². The number of anilines is 1. The van der Waals surface area contributed by atoms with Gasteiger partial charge in [0.15, 0.2) is 0 Å². The van der Waals surface area contributed by atoms with Crippen LogP contribution in [0.25, 0.3) is 22.5 Å². The monoisotopic (exact) mass is 387 g/mol. The van der Waals surface area contributed by atoms with Gasteiger partial charge in [0.05, 0.1) is 11.3 Å². The van der Waals surface area contributed by atoms with Gasteiger partial charge in [-0.25, -0.2) is 0 Å². The molecule has 148 valence electrons. The number of hydrogen-bond acceptors (Lipinski definition) is 4. The van der Waals surface area contributed by atoms with E-state index in [1.54, 1.807) is 0 Å². The van der Waals surface area contributed by atoms with E-state index in [1.807, 2.05) is 25.3 Å². The Morgan fingerprint density at radius 3 is 2.62 bits per heavy atom. The predicted octanol–water partition coefficient (Wildman–Crippen LogP) is 2.83. The van der Waals surface area contributed by atoms with Gasteiger partial charge < -0.3 is 20.5 Å². The van der Waals surface area contributed by atoms with E-state index in [4.69, 9.17) is 0 Å². The molecular formula is C23H25N5O. The second-order valence-corrected chi connectivity index (χ2v) is 7.87. The van der Waals surface area contributed by atoms with Gasteiger partial charge in [-0.3, -0.25) is 9.78 Å². The number of aromatic amines is 1. The Balaban J connectivity index is 1.42. The molecule has 2 aromatic heterocycles. The lowest BCUT2D eigenvalue weighted by molar-refractivity contribution is 0.0929. The molecule has 2 aliphatic heterocycles. The van der Waals surface area contributed by atoms with E-state index >= 15 is 0 Å². The number of fused-ring (bicyclic) bond motifs is 1. The molecule has 1 atom stereocenters. The lowest BCUT2D eigenvalue weighted by Crippen LogP contribution is -2.43. The minimum atomic E-state index is -0.000897. The van der Waals surface area contributed by atoms with Crippen molar-refractivity contribution in [3.63, 3.8) is 0 Å². The maximum Gasteiger partial charge on any atom is 0.253 e.